The summed E-state index contributed by atoms with van der Waals surface area (Å²) in [4.78, 5) is 38.2. The van der Waals surface area contributed by atoms with E-state index in [0.717, 1.165) is 12.4 Å². The van der Waals surface area contributed by atoms with E-state index in [1.807, 2.05) is 20.9 Å². The van der Waals surface area contributed by atoms with E-state index in [1.54, 1.807) is 22.2 Å². The van der Waals surface area contributed by atoms with Crippen molar-refractivity contribution in [3.05, 3.63) is 18.2 Å². The van der Waals surface area contributed by atoms with E-state index in [9.17, 15) is 9.59 Å². The Morgan fingerprint density at radius 2 is 1.75 bits per heavy atom. The fraction of sp³-hybridized carbons (Fsp3) is 0.688. The van der Waals surface area contributed by atoms with Crippen LogP contribution in [0.25, 0.3) is 0 Å². The lowest BCUT2D eigenvalue weighted by atomic mass is 10.1. The van der Waals surface area contributed by atoms with Crippen molar-refractivity contribution >= 4 is 11.8 Å². The fourth-order valence-corrected chi connectivity index (χ4v) is 3.58. The van der Waals surface area contributed by atoms with Gasteiger partial charge in [-0.25, -0.2) is 4.98 Å². The SMILES string of the molecule is CC1CN(C(=O)C(=O)N2CCN(C)C(c3ncc[nH]3)C2)CC(C)N1. The maximum atomic E-state index is 12.7. The van der Waals surface area contributed by atoms with Gasteiger partial charge in [0.1, 0.15) is 5.82 Å². The molecule has 2 aliphatic heterocycles. The molecule has 8 heteroatoms. The van der Waals surface area contributed by atoms with Crippen LogP contribution >= 0.6 is 0 Å². The quantitative estimate of drug-likeness (QED) is 0.672. The van der Waals surface area contributed by atoms with Crippen LogP contribution in [0.15, 0.2) is 12.4 Å². The molecule has 8 nitrogen and oxygen atoms in total. The molecule has 2 fully saturated rings. The highest BCUT2D eigenvalue weighted by molar-refractivity contribution is 6.35. The van der Waals surface area contributed by atoms with Crippen molar-refractivity contribution in [3.8, 4) is 0 Å². The zero-order valence-corrected chi connectivity index (χ0v) is 14.5. The van der Waals surface area contributed by atoms with Crippen molar-refractivity contribution in [2.24, 2.45) is 0 Å². The van der Waals surface area contributed by atoms with Gasteiger partial charge in [-0.1, -0.05) is 0 Å². The highest BCUT2D eigenvalue weighted by atomic mass is 16.2. The highest BCUT2D eigenvalue weighted by Crippen LogP contribution is 2.21. The van der Waals surface area contributed by atoms with Crippen LogP contribution in [0.5, 0.6) is 0 Å². The number of rotatable bonds is 1. The van der Waals surface area contributed by atoms with Gasteiger partial charge in [0.15, 0.2) is 0 Å². The van der Waals surface area contributed by atoms with Gasteiger partial charge in [0.2, 0.25) is 0 Å². The zero-order valence-electron chi connectivity index (χ0n) is 14.5. The lowest BCUT2D eigenvalue weighted by Crippen LogP contribution is -2.60. The third-order valence-electron chi connectivity index (χ3n) is 4.80. The molecule has 2 saturated heterocycles. The Hall–Kier alpha value is -1.93. The number of nitrogens with zero attached hydrogens (tertiary/aromatic N) is 4. The van der Waals surface area contributed by atoms with E-state index in [2.05, 4.69) is 20.2 Å². The topological polar surface area (TPSA) is 84.6 Å². The van der Waals surface area contributed by atoms with E-state index < -0.39 is 11.8 Å². The first-order valence-corrected chi connectivity index (χ1v) is 8.49. The molecule has 3 atom stereocenters. The maximum Gasteiger partial charge on any atom is 0.312 e. The molecule has 2 N–H and O–H groups in total. The van der Waals surface area contributed by atoms with Crippen LogP contribution in [0, 0.1) is 0 Å². The number of piperazine rings is 2. The van der Waals surface area contributed by atoms with Crippen LogP contribution in [0.4, 0.5) is 0 Å². The summed E-state index contributed by atoms with van der Waals surface area (Å²) in [5, 5.41) is 3.38. The summed E-state index contributed by atoms with van der Waals surface area (Å²) in [6.07, 6.45) is 3.48. The average molecular weight is 334 g/mol. The van der Waals surface area contributed by atoms with Crippen molar-refractivity contribution in [3.63, 3.8) is 0 Å². The van der Waals surface area contributed by atoms with Gasteiger partial charge in [-0.15, -0.1) is 0 Å². The molecule has 0 aliphatic carbocycles. The van der Waals surface area contributed by atoms with E-state index in [-0.39, 0.29) is 18.1 Å². The lowest BCUT2D eigenvalue weighted by Gasteiger charge is -2.40. The van der Waals surface area contributed by atoms with Gasteiger partial charge in [0.05, 0.1) is 6.04 Å². The molecule has 1 aromatic heterocycles. The first-order valence-electron chi connectivity index (χ1n) is 8.49. The molecular formula is C16H26N6O2. The van der Waals surface area contributed by atoms with Crippen LogP contribution in [0.1, 0.15) is 25.7 Å². The first kappa shape index (κ1) is 16.9. The summed E-state index contributed by atoms with van der Waals surface area (Å²) in [6.45, 7) is 6.97. The number of likely N-dealkylation sites (N-methyl/N-ethyl adjacent to an activating group) is 1. The molecule has 2 aliphatic rings. The number of nitrogens with one attached hydrogen (secondary N) is 2. The predicted octanol–water partition coefficient (Wildman–Crippen LogP) is -0.566. The standard InChI is InChI=1S/C16H26N6O2/c1-11-8-22(9-12(2)19-11)16(24)15(23)21-7-6-20(3)13(10-21)14-17-4-5-18-14/h4-5,11-13,19H,6-10H2,1-3H3,(H,17,18). The van der Waals surface area contributed by atoms with Crippen LogP contribution in [-0.4, -0.2) is 88.3 Å². The number of aromatic nitrogens is 2. The number of imidazole rings is 1. The van der Waals surface area contributed by atoms with Gasteiger partial charge in [0, 0.05) is 57.2 Å². The van der Waals surface area contributed by atoms with Crippen LogP contribution in [0.3, 0.4) is 0 Å². The number of aromatic amines is 1. The van der Waals surface area contributed by atoms with E-state index in [0.29, 0.717) is 26.2 Å². The summed E-state index contributed by atoms with van der Waals surface area (Å²) in [5.41, 5.74) is 0. The minimum atomic E-state index is -0.402. The molecule has 2 amide bonds. The van der Waals surface area contributed by atoms with Gasteiger partial charge in [0.25, 0.3) is 0 Å². The monoisotopic (exact) mass is 334 g/mol. The normalized spacial score (nSPS) is 28.9. The molecule has 0 radical (unpaired) electrons. The Kier molecular flexibility index (Phi) is 4.86. The molecule has 0 bridgehead atoms. The summed E-state index contributed by atoms with van der Waals surface area (Å²) >= 11 is 0. The van der Waals surface area contributed by atoms with Gasteiger partial charge in [-0.05, 0) is 20.9 Å². The van der Waals surface area contributed by atoms with Crippen molar-refractivity contribution in [2.75, 3.05) is 39.8 Å². The van der Waals surface area contributed by atoms with E-state index in [4.69, 9.17) is 0 Å². The smallest absolute Gasteiger partial charge is 0.312 e. The fourth-order valence-electron chi connectivity index (χ4n) is 3.58. The second-order valence-electron chi connectivity index (χ2n) is 6.90. The van der Waals surface area contributed by atoms with E-state index >= 15 is 0 Å². The maximum absolute atomic E-state index is 12.7. The van der Waals surface area contributed by atoms with Crippen molar-refractivity contribution < 1.29 is 9.59 Å². The largest absolute Gasteiger partial charge is 0.347 e. The number of carbonyl (C=O) groups is 2. The molecule has 3 rings (SSSR count). The van der Waals surface area contributed by atoms with Crippen LogP contribution in [0.2, 0.25) is 0 Å². The Morgan fingerprint density at radius 3 is 2.38 bits per heavy atom. The van der Waals surface area contributed by atoms with Gasteiger partial charge in [-0.2, -0.15) is 0 Å². The third kappa shape index (κ3) is 3.44. The van der Waals surface area contributed by atoms with Gasteiger partial charge >= 0.3 is 11.8 Å². The Morgan fingerprint density at radius 1 is 1.08 bits per heavy atom. The second kappa shape index (κ2) is 6.90. The Labute approximate surface area is 142 Å². The molecule has 1 aromatic rings. The summed E-state index contributed by atoms with van der Waals surface area (Å²) in [5.74, 6) is 0.0331. The van der Waals surface area contributed by atoms with Crippen molar-refractivity contribution in [1.82, 2.24) is 30.0 Å². The number of amides is 2. The molecule has 0 aromatic carbocycles. The molecule has 0 spiro atoms. The summed E-state index contributed by atoms with van der Waals surface area (Å²) in [6, 6.07) is 0.397. The van der Waals surface area contributed by atoms with E-state index in [1.165, 1.54) is 0 Å². The zero-order chi connectivity index (χ0) is 17.3. The summed E-state index contributed by atoms with van der Waals surface area (Å²) in [7, 11) is 2.01. The van der Waals surface area contributed by atoms with Crippen molar-refractivity contribution in [1.29, 1.82) is 0 Å². The average Bonchev–Trinajstić information content (AvgIpc) is 3.07. The number of hydrogen-bond donors (Lipinski definition) is 2. The van der Waals surface area contributed by atoms with Crippen LogP contribution < -0.4 is 5.32 Å². The predicted molar refractivity (Wildman–Crippen MR) is 89.2 cm³/mol. The molecular weight excluding hydrogens is 308 g/mol. The molecule has 3 unspecified atom stereocenters. The van der Waals surface area contributed by atoms with Crippen LogP contribution in [-0.2, 0) is 9.59 Å². The molecule has 0 saturated carbocycles. The van der Waals surface area contributed by atoms with Crippen molar-refractivity contribution in [2.45, 2.75) is 32.0 Å². The highest BCUT2D eigenvalue weighted by Gasteiger charge is 2.36. The lowest BCUT2D eigenvalue weighted by molar-refractivity contribution is -0.154. The minimum absolute atomic E-state index is 0.00799. The Bertz CT molecular complexity index is 579. The number of carbonyl (C=O) groups excluding carboxylic acids is 2. The molecule has 24 heavy (non-hydrogen) atoms. The second-order valence-corrected chi connectivity index (χ2v) is 6.90. The first-order chi connectivity index (χ1) is 11.5. The number of hydrogen-bond acceptors (Lipinski definition) is 5. The van der Waals surface area contributed by atoms with Gasteiger partial charge in [-0.3, -0.25) is 14.5 Å². The number of H-pyrrole nitrogens is 1. The van der Waals surface area contributed by atoms with Gasteiger partial charge < -0.3 is 20.1 Å². The Balaban J connectivity index is 1.67. The molecule has 132 valence electrons. The third-order valence-corrected chi connectivity index (χ3v) is 4.80. The molecule has 3 heterocycles. The summed E-state index contributed by atoms with van der Waals surface area (Å²) < 4.78 is 0. The minimum Gasteiger partial charge on any atom is -0.347 e.